The van der Waals surface area contributed by atoms with Crippen molar-refractivity contribution in [1.29, 1.82) is 0 Å². The Morgan fingerprint density at radius 3 is 1.42 bits per heavy atom. The summed E-state index contributed by atoms with van der Waals surface area (Å²) < 4.78 is 17.3. The number of unbranched alkanes of at least 4 members (excludes halogenated alkanes) is 3. The molecular formula is C33H57NO2SiSn. The minimum atomic E-state index is -2.47. The van der Waals surface area contributed by atoms with Crippen LogP contribution in [0.15, 0.2) is 60.7 Å². The molecular weight excluding hydrogens is 589 g/mol. The molecule has 0 aliphatic rings. The number of hydrogen-bond acceptors (Lipinski definition) is 3. The summed E-state index contributed by atoms with van der Waals surface area (Å²) in [5.74, 6) is 0. The number of rotatable bonds is 22. The van der Waals surface area contributed by atoms with Gasteiger partial charge in [0.1, 0.15) is 0 Å². The molecule has 2 aromatic rings. The fraction of sp³-hybridized carbons (Fsp3) is 0.636. The van der Waals surface area contributed by atoms with Crippen molar-refractivity contribution in [2.45, 2.75) is 82.7 Å². The molecule has 0 atom stereocenters. The first-order valence-electron chi connectivity index (χ1n) is 15.4. The van der Waals surface area contributed by atoms with Crippen molar-refractivity contribution in [2.75, 3.05) is 47.1 Å². The van der Waals surface area contributed by atoms with E-state index in [1.165, 1.54) is 44.6 Å². The average Bonchev–Trinajstić information content (AvgIpc) is 2.97. The molecule has 38 heavy (non-hydrogen) atoms. The first-order valence-corrected chi connectivity index (χ1v) is 25.9. The van der Waals surface area contributed by atoms with Gasteiger partial charge < -0.3 is 0 Å². The molecule has 0 unspecified atom stereocenters. The standard InChI is InChI=1S/C21H30NO2Si.3C4H9.Sn/c1-23-17-14-22(15-18-24-2)16-19-25(3,20-10-6-4-7-11-20)21-12-8-5-9-13-21;3*1-3-4-2;/h4-13H,3,14-19H2,1-2H3;3*1,3-4H2,2H3;. The molecule has 2 rings (SSSR count). The molecule has 0 saturated heterocycles. The zero-order chi connectivity index (χ0) is 27.5. The second kappa shape index (κ2) is 19.4. The number of nitrogens with zero attached hydrogens (tertiary/aromatic N) is 1. The molecule has 0 amide bonds. The van der Waals surface area contributed by atoms with Crippen LogP contribution in [0.3, 0.4) is 0 Å². The normalized spacial score (nSPS) is 12.4. The summed E-state index contributed by atoms with van der Waals surface area (Å²) in [5, 5.41) is 3.32. The quantitative estimate of drug-likeness (QED) is 0.126. The molecule has 0 spiro atoms. The second-order valence-corrected chi connectivity index (χ2v) is 31.4. The Hall–Kier alpha value is -0.664. The zero-order valence-electron chi connectivity index (χ0n) is 25.4. The second-order valence-electron chi connectivity index (χ2n) is 11.4. The van der Waals surface area contributed by atoms with Crippen molar-refractivity contribution in [3.8, 4) is 0 Å². The van der Waals surface area contributed by atoms with Gasteiger partial charge in [0.25, 0.3) is 0 Å². The van der Waals surface area contributed by atoms with E-state index in [1.54, 1.807) is 27.7 Å². The summed E-state index contributed by atoms with van der Waals surface area (Å²) in [6, 6.07) is 24.9. The molecule has 214 valence electrons. The predicted molar refractivity (Wildman–Crippen MR) is 173 cm³/mol. The Balaban J connectivity index is 2.62. The Labute approximate surface area is 240 Å². The van der Waals surface area contributed by atoms with Gasteiger partial charge in [0.2, 0.25) is 0 Å². The Bertz CT molecular complexity index is 766. The van der Waals surface area contributed by atoms with Gasteiger partial charge in [-0.1, -0.05) is 0 Å². The molecule has 0 aliphatic carbocycles. The minimum absolute atomic E-state index is 0.779. The van der Waals surface area contributed by atoms with E-state index in [0.29, 0.717) is 0 Å². The molecule has 0 aliphatic heterocycles. The molecule has 3 nitrogen and oxygen atoms in total. The molecule has 0 fully saturated rings. The summed E-state index contributed by atoms with van der Waals surface area (Å²) in [6.07, 6.45) is 8.32. The maximum atomic E-state index is 5.51. The van der Waals surface area contributed by atoms with Crippen LogP contribution in [-0.4, -0.2) is 78.4 Å². The predicted octanol–water partition coefficient (Wildman–Crippen LogP) is 7.23. The van der Waals surface area contributed by atoms with Crippen molar-refractivity contribution < 1.29 is 9.47 Å². The Morgan fingerprint density at radius 1 is 0.632 bits per heavy atom. The summed E-state index contributed by atoms with van der Waals surface area (Å²) in [6.45, 7) is 11.8. The third-order valence-corrected chi connectivity index (χ3v) is 37.6. The Kier molecular flexibility index (Phi) is 17.1. The summed E-state index contributed by atoms with van der Waals surface area (Å²) >= 11 is -2.47. The SMILES string of the molecule is CCC[CH2][Sn]([CH2]CCC)([CH2]CCC)[CH2][Si](CCN(CCOC)CCOC)(c1ccccc1)c1ccccc1. The van der Waals surface area contributed by atoms with Crippen molar-refractivity contribution in [2.24, 2.45) is 0 Å². The van der Waals surface area contributed by atoms with Gasteiger partial charge in [-0.05, 0) is 0 Å². The van der Waals surface area contributed by atoms with E-state index < -0.39 is 26.5 Å². The van der Waals surface area contributed by atoms with Crippen LogP contribution in [0.1, 0.15) is 59.3 Å². The molecule has 5 heteroatoms. The summed E-state index contributed by atoms with van der Waals surface area (Å²) in [7, 11) is 1.63. The van der Waals surface area contributed by atoms with E-state index in [0.717, 1.165) is 32.8 Å². The van der Waals surface area contributed by atoms with E-state index >= 15 is 0 Å². The van der Waals surface area contributed by atoms with Crippen molar-refractivity contribution in [3.63, 3.8) is 0 Å². The van der Waals surface area contributed by atoms with Crippen LogP contribution < -0.4 is 10.4 Å². The molecule has 0 bridgehead atoms. The van der Waals surface area contributed by atoms with Crippen molar-refractivity contribution in [3.05, 3.63) is 60.7 Å². The van der Waals surface area contributed by atoms with Crippen molar-refractivity contribution >= 4 is 36.8 Å². The van der Waals surface area contributed by atoms with Crippen LogP contribution in [0.2, 0.25) is 23.4 Å². The maximum absolute atomic E-state index is 5.51. The van der Waals surface area contributed by atoms with Gasteiger partial charge in [0.05, 0.1) is 0 Å². The van der Waals surface area contributed by atoms with Gasteiger partial charge in [-0.25, -0.2) is 0 Å². The zero-order valence-corrected chi connectivity index (χ0v) is 29.2. The number of hydrogen-bond donors (Lipinski definition) is 0. The number of methoxy groups -OCH3 is 2. The third kappa shape index (κ3) is 10.7. The van der Waals surface area contributed by atoms with Crippen LogP contribution in [0.4, 0.5) is 0 Å². The molecule has 0 aromatic heterocycles. The topological polar surface area (TPSA) is 21.7 Å². The molecule has 0 heterocycles. The third-order valence-electron chi connectivity index (χ3n) is 8.59. The van der Waals surface area contributed by atoms with E-state index in [1.807, 2.05) is 14.2 Å². The van der Waals surface area contributed by atoms with Crippen LogP contribution in [0.25, 0.3) is 0 Å². The van der Waals surface area contributed by atoms with Gasteiger partial charge >= 0.3 is 242 Å². The monoisotopic (exact) mass is 647 g/mol. The van der Waals surface area contributed by atoms with Gasteiger partial charge in [-0.3, -0.25) is 0 Å². The fourth-order valence-electron chi connectivity index (χ4n) is 6.32. The molecule has 0 N–H and O–H groups in total. The molecule has 2 aromatic carbocycles. The summed E-state index contributed by atoms with van der Waals surface area (Å²) in [4.78, 5) is 2.60. The number of benzene rings is 2. The number of ether oxygens (including phenoxy) is 2. The van der Waals surface area contributed by atoms with Crippen LogP contribution in [-0.2, 0) is 9.47 Å². The van der Waals surface area contributed by atoms with Gasteiger partial charge in [-0.2, -0.15) is 0 Å². The van der Waals surface area contributed by atoms with Crippen LogP contribution in [0, 0.1) is 0 Å². The van der Waals surface area contributed by atoms with Crippen LogP contribution in [0.5, 0.6) is 0 Å². The van der Waals surface area contributed by atoms with Gasteiger partial charge in [-0.15, -0.1) is 0 Å². The Morgan fingerprint density at radius 2 is 1.05 bits per heavy atom. The van der Waals surface area contributed by atoms with Gasteiger partial charge in [0.15, 0.2) is 0 Å². The van der Waals surface area contributed by atoms with E-state index in [9.17, 15) is 0 Å². The first-order chi connectivity index (χ1) is 18.6. The summed E-state index contributed by atoms with van der Waals surface area (Å²) in [5.41, 5.74) is 0. The average molecular weight is 647 g/mol. The van der Waals surface area contributed by atoms with Gasteiger partial charge in [0, 0.05) is 0 Å². The van der Waals surface area contributed by atoms with Crippen molar-refractivity contribution in [1.82, 2.24) is 4.90 Å². The van der Waals surface area contributed by atoms with E-state index in [-0.39, 0.29) is 0 Å². The molecule has 0 saturated carbocycles. The van der Waals surface area contributed by atoms with Crippen LogP contribution >= 0.6 is 0 Å². The molecule has 0 radical (unpaired) electrons. The van der Waals surface area contributed by atoms with E-state index in [2.05, 4.69) is 86.3 Å². The fourth-order valence-corrected chi connectivity index (χ4v) is 44.1. The first kappa shape index (κ1) is 33.5. The van der Waals surface area contributed by atoms with E-state index in [4.69, 9.17) is 9.47 Å².